The number of amides is 1. The molecule has 1 saturated carbocycles. The lowest BCUT2D eigenvalue weighted by molar-refractivity contribution is -0.142. The number of esters is 1. The number of nitrogens with one attached hydrogen (secondary N) is 1. The summed E-state index contributed by atoms with van der Waals surface area (Å²) in [6.45, 7) is 1.65. The Balaban J connectivity index is 1.53. The van der Waals surface area contributed by atoms with Gasteiger partial charge in [-0.05, 0) is 37.7 Å². The second kappa shape index (κ2) is 9.22. The zero-order valence-corrected chi connectivity index (χ0v) is 16.3. The number of hydrogen-bond acceptors (Lipinski definition) is 5. The van der Waals surface area contributed by atoms with Gasteiger partial charge in [0, 0.05) is 30.7 Å². The largest absolute Gasteiger partial charge is 0.496 e. The molecule has 2 fully saturated rings. The Kier molecular flexibility index (Phi) is 6.72. The maximum Gasteiger partial charge on any atom is 0.307 e. The molecule has 1 saturated heterocycles. The molecule has 0 unspecified atom stereocenters. The SMILES string of the molecule is COC(=O)C[C@H]1CC[C@@H](CNC(=O)Cc2ccccc2OC)N1CC1CC1. The average molecular weight is 374 g/mol. The van der Waals surface area contributed by atoms with E-state index in [0.29, 0.717) is 25.4 Å². The number of methoxy groups -OCH3 is 2. The van der Waals surface area contributed by atoms with Crippen LogP contribution in [0.1, 0.15) is 37.7 Å². The zero-order chi connectivity index (χ0) is 19.2. The molecule has 27 heavy (non-hydrogen) atoms. The van der Waals surface area contributed by atoms with Gasteiger partial charge in [0.05, 0.1) is 27.1 Å². The Bertz CT molecular complexity index is 659. The molecule has 1 aromatic carbocycles. The molecule has 6 nitrogen and oxygen atoms in total. The van der Waals surface area contributed by atoms with Crippen molar-refractivity contribution in [1.29, 1.82) is 0 Å². The van der Waals surface area contributed by atoms with E-state index >= 15 is 0 Å². The van der Waals surface area contributed by atoms with E-state index in [-0.39, 0.29) is 17.9 Å². The van der Waals surface area contributed by atoms with Crippen molar-refractivity contribution in [2.75, 3.05) is 27.3 Å². The van der Waals surface area contributed by atoms with E-state index in [2.05, 4.69) is 10.2 Å². The van der Waals surface area contributed by atoms with E-state index in [1.165, 1.54) is 20.0 Å². The predicted octanol–water partition coefficient (Wildman–Crippen LogP) is 2.16. The second-order valence-electron chi connectivity index (χ2n) is 7.60. The van der Waals surface area contributed by atoms with E-state index in [9.17, 15) is 9.59 Å². The van der Waals surface area contributed by atoms with Gasteiger partial charge >= 0.3 is 5.97 Å². The van der Waals surface area contributed by atoms with E-state index in [1.54, 1.807) is 7.11 Å². The lowest BCUT2D eigenvalue weighted by atomic mass is 10.1. The number of nitrogens with zero attached hydrogens (tertiary/aromatic N) is 1. The zero-order valence-electron chi connectivity index (χ0n) is 16.3. The minimum Gasteiger partial charge on any atom is -0.496 e. The normalized spacial score (nSPS) is 22.4. The first-order chi connectivity index (χ1) is 13.1. The van der Waals surface area contributed by atoms with E-state index in [4.69, 9.17) is 9.47 Å². The first-order valence-corrected chi connectivity index (χ1v) is 9.81. The van der Waals surface area contributed by atoms with Gasteiger partial charge in [-0.25, -0.2) is 0 Å². The summed E-state index contributed by atoms with van der Waals surface area (Å²) in [5, 5.41) is 3.08. The van der Waals surface area contributed by atoms with Gasteiger partial charge in [0.25, 0.3) is 0 Å². The summed E-state index contributed by atoms with van der Waals surface area (Å²) < 4.78 is 10.2. The molecule has 2 aliphatic rings. The highest BCUT2D eigenvalue weighted by molar-refractivity contribution is 5.79. The van der Waals surface area contributed by atoms with Gasteiger partial charge < -0.3 is 14.8 Å². The monoisotopic (exact) mass is 374 g/mol. The van der Waals surface area contributed by atoms with E-state index in [0.717, 1.165) is 36.6 Å². The first kappa shape index (κ1) is 19.7. The number of para-hydroxylation sites is 1. The Labute approximate surface area is 161 Å². The second-order valence-corrected chi connectivity index (χ2v) is 7.60. The van der Waals surface area contributed by atoms with Crippen LogP contribution in [0, 0.1) is 5.92 Å². The molecule has 0 aromatic heterocycles. The van der Waals surface area contributed by atoms with Crippen LogP contribution in [0.2, 0.25) is 0 Å². The van der Waals surface area contributed by atoms with Crippen molar-refractivity contribution in [1.82, 2.24) is 10.2 Å². The number of carbonyl (C=O) groups is 2. The van der Waals surface area contributed by atoms with Crippen LogP contribution in [0.5, 0.6) is 5.75 Å². The molecule has 1 N–H and O–H groups in total. The quantitative estimate of drug-likeness (QED) is 0.671. The van der Waals surface area contributed by atoms with Crippen molar-refractivity contribution >= 4 is 11.9 Å². The maximum atomic E-state index is 12.4. The standard InChI is InChI=1S/C21H30N2O4/c1-26-19-6-4-3-5-16(19)11-20(24)22-13-18-10-9-17(12-21(25)27-2)23(18)14-15-7-8-15/h3-6,15,17-18H,7-14H2,1-2H3,(H,22,24)/t17-,18+/m1/s1. The molecule has 0 bridgehead atoms. The molecule has 1 amide bonds. The van der Waals surface area contributed by atoms with Gasteiger partial charge in [-0.3, -0.25) is 14.5 Å². The predicted molar refractivity (Wildman–Crippen MR) is 103 cm³/mol. The smallest absolute Gasteiger partial charge is 0.307 e. The number of carbonyl (C=O) groups excluding carboxylic acids is 2. The van der Waals surface area contributed by atoms with Crippen molar-refractivity contribution in [3.63, 3.8) is 0 Å². The molecule has 1 aliphatic carbocycles. The summed E-state index contributed by atoms with van der Waals surface area (Å²) in [7, 11) is 3.06. The molecule has 1 heterocycles. The average Bonchev–Trinajstić information content (AvgIpc) is 3.42. The third-order valence-electron chi connectivity index (χ3n) is 5.65. The fourth-order valence-electron chi connectivity index (χ4n) is 3.94. The summed E-state index contributed by atoms with van der Waals surface area (Å²) in [5.74, 6) is 1.33. The van der Waals surface area contributed by atoms with E-state index in [1.807, 2.05) is 24.3 Å². The third kappa shape index (κ3) is 5.45. The summed E-state index contributed by atoms with van der Waals surface area (Å²) in [4.78, 5) is 26.6. The van der Waals surface area contributed by atoms with Crippen LogP contribution in [0.3, 0.4) is 0 Å². The van der Waals surface area contributed by atoms with E-state index < -0.39 is 0 Å². The topological polar surface area (TPSA) is 67.9 Å². The van der Waals surface area contributed by atoms with Gasteiger partial charge in [0.1, 0.15) is 5.75 Å². The van der Waals surface area contributed by atoms with Gasteiger partial charge in [0.2, 0.25) is 5.91 Å². The molecule has 1 aromatic rings. The van der Waals surface area contributed by atoms with Gasteiger partial charge in [-0.2, -0.15) is 0 Å². The minimum absolute atomic E-state index is 0.00212. The van der Waals surface area contributed by atoms with Crippen LogP contribution in [-0.2, 0) is 20.7 Å². The van der Waals surface area contributed by atoms with Crippen molar-refractivity contribution in [2.24, 2.45) is 5.92 Å². The molecule has 0 radical (unpaired) electrons. The van der Waals surface area contributed by atoms with Crippen molar-refractivity contribution in [2.45, 2.75) is 50.6 Å². The van der Waals surface area contributed by atoms with Gasteiger partial charge in [0.15, 0.2) is 0 Å². The highest BCUT2D eigenvalue weighted by Crippen LogP contribution is 2.35. The van der Waals surface area contributed by atoms with Crippen LogP contribution in [0.4, 0.5) is 0 Å². The van der Waals surface area contributed by atoms with Gasteiger partial charge in [-0.15, -0.1) is 0 Å². The molecule has 2 atom stereocenters. The molecule has 0 spiro atoms. The number of benzene rings is 1. The number of hydrogen-bond donors (Lipinski definition) is 1. The molecule has 6 heteroatoms. The summed E-state index contributed by atoms with van der Waals surface area (Å²) in [6.07, 6.45) is 5.28. The Hall–Kier alpha value is -2.08. The maximum absolute atomic E-state index is 12.4. The summed E-state index contributed by atoms with van der Waals surface area (Å²) >= 11 is 0. The van der Waals surface area contributed by atoms with Gasteiger partial charge in [-0.1, -0.05) is 18.2 Å². The molecule has 148 valence electrons. The van der Waals surface area contributed by atoms with Crippen LogP contribution in [0.15, 0.2) is 24.3 Å². The number of rotatable bonds is 9. The van der Waals surface area contributed by atoms with Crippen LogP contribution < -0.4 is 10.1 Å². The minimum atomic E-state index is -0.151. The highest BCUT2D eigenvalue weighted by Gasteiger charge is 2.38. The lowest BCUT2D eigenvalue weighted by Gasteiger charge is -2.30. The Morgan fingerprint density at radius 2 is 1.85 bits per heavy atom. The van der Waals surface area contributed by atoms with Crippen LogP contribution in [0.25, 0.3) is 0 Å². The van der Waals surface area contributed by atoms with Crippen LogP contribution in [-0.4, -0.2) is 56.2 Å². The molecular weight excluding hydrogens is 344 g/mol. The molecular formula is C21H30N2O4. The Morgan fingerprint density at radius 1 is 1.11 bits per heavy atom. The van der Waals surface area contributed by atoms with Crippen molar-refractivity contribution in [3.05, 3.63) is 29.8 Å². The van der Waals surface area contributed by atoms with Crippen molar-refractivity contribution in [3.8, 4) is 5.75 Å². The van der Waals surface area contributed by atoms with Crippen molar-refractivity contribution < 1.29 is 19.1 Å². The molecule has 1 aliphatic heterocycles. The van der Waals surface area contributed by atoms with Crippen LogP contribution >= 0.6 is 0 Å². The summed E-state index contributed by atoms with van der Waals surface area (Å²) in [6, 6.07) is 8.12. The number of ether oxygens (including phenoxy) is 2. The third-order valence-corrected chi connectivity index (χ3v) is 5.65. The molecule has 3 rings (SSSR count). The highest BCUT2D eigenvalue weighted by atomic mass is 16.5. The Morgan fingerprint density at radius 3 is 2.56 bits per heavy atom. The number of likely N-dealkylation sites (tertiary alicyclic amines) is 1. The lowest BCUT2D eigenvalue weighted by Crippen LogP contribution is -2.45. The fourth-order valence-corrected chi connectivity index (χ4v) is 3.94. The first-order valence-electron chi connectivity index (χ1n) is 9.81. The summed E-state index contributed by atoms with van der Waals surface area (Å²) in [5.41, 5.74) is 0.891. The fraction of sp³-hybridized carbons (Fsp3) is 0.619.